The molecule has 0 fully saturated rings. The van der Waals surface area contributed by atoms with Gasteiger partial charge in [-0.05, 0) is 43.7 Å². The van der Waals surface area contributed by atoms with Crippen molar-refractivity contribution in [1.29, 1.82) is 0 Å². The number of nitrogens with zero attached hydrogens (tertiary/aromatic N) is 3. The number of benzene rings is 1. The highest BCUT2D eigenvalue weighted by Crippen LogP contribution is 2.18. The minimum Gasteiger partial charge on any atom is -0.452 e. The molecule has 31 heavy (non-hydrogen) atoms. The number of furan rings is 1. The van der Waals surface area contributed by atoms with Crippen LogP contribution in [0.1, 0.15) is 43.6 Å². The van der Waals surface area contributed by atoms with E-state index in [0.29, 0.717) is 24.4 Å². The molecule has 0 spiro atoms. The summed E-state index contributed by atoms with van der Waals surface area (Å²) in [6.45, 7) is 4.61. The molecule has 0 atom stereocenters. The molecule has 0 aliphatic carbocycles. The number of esters is 1. The highest BCUT2D eigenvalue weighted by molar-refractivity contribution is 6.00. The average Bonchev–Trinajstić information content (AvgIpc) is 3.51. The molecule has 7 heteroatoms. The zero-order valence-electron chi connectivity index (χ0n) is 17.4. The van der Waals surface area contributed by atoms with Gasteiger partial charge in [-0.3, -0.25) is 9.48 Å². The van der Waals surface area contributed by atoms with Crippen molar-refractivity contribution in [1.82, 2.24) is 14.3 Å². The van der Waals surface area contributed by atoms with Crippen LogP contribution in [-0.2, 0) is 17.8 Å². The lowest BCUT2D eigenvalue weighted by Crippen LogP contribution is -2.15. The van der Waals surface area contributed by atoms with Crippen LogP contribution in [0.25, 0.3) is 0 Å². The van der Waals surface area contributed by atoms with Crippen molar-refractivity contribution in [2.75, 3.05) is 6.61 Å². The van der Waals surface area contributed by atoms with Crippen LogP contribution in [0.5, 0.6) is 0 Å². The summed E-state index contributed by atoms with van der Waals surface area (Å²) in [4.78, 5) is 25.0. The lowest BCUT2D eigenvalue weighted by molar-refractivity contribution is 0.0442. The minimum absolute atomic E-state index is 0.0597. The van der Waals surface area contributed by atoms with Crippen LogP contribution < -0.4 is 0 Å². The van der Waals surface area contributed by atoms with Crippen LogP contribution in [0.15, 0.2) is 71.4 Å². The molecule has 0 aliphatic rings. The largest absolute Gasteiger partial charge is 0.452 e. The molecule has 4 rings (SSSR count). The predicted molar refractivity (Wildman–Crippen MR) is 114 cm³/mol. The fourth-order valence-corrected chi connectivity index (χ4v) is 3.50. The number of carbonyl (C=O) groups is 2. The quantitative estimate of drug-likeness (QED) is 0.319. The molecule has 4 aromatic rings. The Labute approximate surface area is 179 Å². The summed E-state index contributed by atoms with van der Waals surface area (Å²) in [6, 6.07) is 16.9. The third-order valence-corrected chi connectivity index (χ3v) is 5.13. The van der Waals surface area contributed by atoms with E-state index in [9.17, 15) is 9.59 Å². The lowest BCUT2D eigenvalue weighted by atomic mass is 10.1. The van der Waals surface area contributed by atoms with Gasteiger partial charge in [0.25, 0.3) is 0 Å². The molecule has 0 radical (unpaired) electrons. The van der Waals surface area contributed by atoms with Gasteiger partial charge in [-0.1, -0.05) is 30.3 Å². The van der Waals surface area contributed by atoms with E-state index in [0.717, 1.165) is 17.0 Å². The van der Waals surface area contributed by atoms with Gasteiger partial charge in [0, 0.05) is 35.9 Å². The zero-order chi connectivity index (χ0) is 21.8. The third-order valence-electron chi connectivity index (χ3n) is 5.13. The number of ketones is 1. The van der Waals surface area contributed by atoms with Gasteiger partial charge in [0.05, 0.1) is 6.54 Å². The van der Waals surface area contributed by atoms with E-state index in [2.05, 4.69) is 9.67 Å². The molecule has 0 aliphatic heterocycles. The number of Topliss-reactive ketones (excluding diaryl/α,β-unsaturated/α-hetero) is 1. The van der Waals surface area contributed by atoms with E-state index in [1.165, 1.54) is 6.07 Å². The molecule has 3 aromatic heterocycles. The van der Waals surface area contributed by atoms with Gasteiger partial charge in [0.2, 0.25) is 11.5 Å². The summed E-state index contributed by atoms with van der Waals surface area (Å²) in [6.07, 6.45) is 3.47. The fourth-order valence-electron chi connectivity index (χ4n) is 3.50. The molecule has 7 nitrogen and oxygen atoms in total. The number of ether oxygens (including phenoxy) is 1. The topological polar surface area (TPSA) is 79.3 Å². The Bertz CT molecular complexity index is 1190. The van der Waals surface area contributed by atoms with Crippen molar-refractivity contribution in [3.63, 3.8) is 0 Å². The Morgan fingerprint density at radius 3 is 2.58 bits per heavy atom. The number of rotatable bonds is 8. The molecule has 3 heterocycles. The van der Waals surface area contributed by atoms with Crippen LogP contribution in [0.3, 0.4) is 0 Å². The van der Waals surface area contributed by atoms with Crippen molar-refractivity contribution in [3.05, 3.63) is 101 Å². The first kappa shape index (κ1) is 20.4. The van der Waals surface area contributed by atoms with Gasteiger partial charge >= 0.3 is 5.97 Å². The van der Waals surface area contributed by atoms with E-state index < -0.39 is 5.97 Å². The number of carbonyl (C=O) groups excluding carboxylic acids is 2. The summed E-state index contributed by atoms with van der Waals surface area (Å²) < 4.78 is 14.5. The van der Waals surface area contributed by atoms with E-state index in [4.69, 9.17) is 9.15 Å². The maximum absolute atomic E-state index is 12.7. The predicted octanol–water partition coefficient (Wildman–Crippen LogP) is 4.03. The highest BCUT2D eigenvalue weighted by atomic mass is 16.5. The molecule has 0 saturated heterocycles. The van der Waals surface area contributed by atoms with Gasteiger partial charge in [-0.15, -0.1) is 0 Å². The second-order valence-electron chi connectivity index (χ2n) is 7.33. The van der Waals surface area contributed by atoms with Gasteiger partial charge in [0.1, 0.15) is 5.76 Å². The van der Waals surface area contributed by atoms with E-state index in [1.54, 1.807) is 29.2 Å². The van der Waals surface area contributed by atoms with E-state index >= 15 is 0 Å². The summed E-state index contributed by atoms with van der Waals surface area (Å²) >= 11 is 0. The van der Waals surface area contributed by atoms with Gasteiger partial charge in [-0.25, -0.2) is 4.79 Å². The second-order valence-corrected chi connectivity index (χ2v) is 7.33. The second kappa shape index (κ2) is 8.87. The van der Waals surface area contributed by atoms with E-state index in [1.807, 2.05) is 50.2 Å². The Kier molecular flexibility index (Phi) is 5.84. The molecule has 0 amide bonds. The molecule has 158 valence electrons. The lowest BCUT2D eigenvalue weighted by Gasteiger charge is -2.10. The SMILES string of the molecule is Cc1cc(C(=O)COC(=O)c2ccc(Cn3cccn3)o2)c(C)n1Cc1ccccc1. The average molecular weight is 417 g/mol. The van der Waals surface area contributed by atoms with Crippen molar-refractivity contribution in [2.24, 2.45) is 0 Å². The summed E-state index contributed by atoms with van der Waals surface area (Å²) in [7, 11) is 0. The van der Waals surface area contributed by atoms with Crippen molar-refractivity contribution in [2.45, 2.75) is 26.9 Å². The first-order chi connectivity index (χ1) is 15.0. The van der Waals surface area contributed by atoms with Gasteiger partial charge < -0.3 is 13.7 Å². The number of aromatic nitrogens is 3. The van der Waals surface area contributed by atoms with Gasteiger partial charge in [-0.2, -0.15) is 5.10 Å². The summed E-state index contributed by atoms with van der Waals surface area (Å²) in [5.74, 6) is -0.279. The maximum atomic E-state index is 12.7. The standard InChI is InChI=1S/C24H23N3O4/c1-17-13-21(18(2)27(17)14-19-7-4-3-5-8-19)22(28)16-30-24(29)23-10-9-20(31-23)15-26-12-6-11-25-26/h3-13H,14-16H2,1-2H3. The fraction of sp³-hybridized carbons (Fsp3) is 0.208. The minimum atomic E-state index is -0.668. The third kappa shape index (κ3) is 4.66. The van der Waals surface area contributed by atoms with Gasteiger partial charge in [0.15, 0.2) is 6.61 Å². The van der Waals surface area contributed by atoms with Crippen LogP contribution in [0, 0.1) is 13.8 Å². The highest BCUT2D eigenvalue weighted by Gasteiger charge is 2.19. The molecule has 1 aromatic carbocycles. The molecular formula is C24H23N3O4. The molecule has 0 N–H and O–H groups in total. The number of hydrogen-bond acceptors (Lipinski definition) is 5. The molecular weight excluding hydrogens is 394 g/mol. The van der Waals surface area contributed by atoms with Crippen molar-refractivity contribution < 1.29 is 18.7 Å². The monoisotopic (exact) mass is 417 g/mol. The first-order valence-electron chi connectivity index (χ1n) is 9.98. The zero-order valence-corrected chi connectivity index (χ0v) is 17.4. The number of aryl methyl sites for hydroxylation is 1. The van der Waals surface area contributed by atoms with Crippen LogP contribution in [-0.4, -0.2) is 32.7 Å². The van der Waals surface area contributed by atoms with Crippen molar-refractivity contribution in [3.8, 4) is 0 Å². The van der Waals surface area contributed by atoms with Crippen LogP contribution in [0.4, 0.5) is 0 Å². The normalized spacial score (nSPS) is 10.9. The Morgan fingerprint density at radius 2 is 1.84 bits per heavy atom. The Morgan fingerprint density at radius 1 is 1.03 bits per heavy atom. The summed E-state index contributed by atoms with van der Waals surface area (Å²) in [5, 5.41) is 4.10. The van der Waals surface area contributed by atoms with E-state index in [-0.39, 0.29) is 18.2 Å². The molecule has 0 unspecified atom stereocenters. The molecule has 0 bridgehead atoms. The smallest absolute Gasteiger partial charge is 0.374 e. The maximum Gasteiger partial charge on any atom is 0.374 e. The van der Waals surface area contributed by atoms with Crippen LogP contribution in [0.2, 0.25) is 0 Å². The first-order valence-corrected chi connectivity index (χ1v) is 9.98. The van der Waals surface area contributed by atoms with Crippen molar-refractivity contribution >= 4 is 11.8 Å². The number of hydrogen-bond donors (Lipinski definition) is 0. The molecule has 0 saturated carbocycles. The summed E-state index contributed by atoms with van der Waals surface area (Å²) in [5.41, 5.74) is 3.53. The Hall–Kier alpha value is -3.87. The Balaban J connectivity index is 1.38. The van der Waals surface area contributed by atoms with Crippen LogP contribution >= 0.6 is 0 Å².